The largest absolute Gasteiger partial charge is 0.486 e. The Hall–Kier alpha value is -1.65. The van der Waals surface area contributed by atoms with Crippen molar-refractivity contribution in [3.63, 3.8) is 0 Å². The van der Waals surface area contributed by atoms with E-state index in [-0.39, 0.29) is 23.4 Å². The summed E-state index contributed by atoms with van der Waals surface area (Å²) in [6, 6.07) is 8.29. The molecule has 0 spiro atoms. The number of hydrogen-bond donors (Lipinski definition) is 1. The molecule has 1 atom stereocenters. The zero-order chi connectivity index (χ0) is 14.7. The lowest BCUT2D eigenvalue weighted by Gasteiger charge is -2.11. The minimum Gasteiger partial charge on any atom is -0.486 e. The summed E-state index contributed by atoms with van der Waals surface area (Å²) in [7, 11) is 0. The highest BCUT2D eigenvalue weighted by Crippen LogP contribution is 2.24. The molecule has 0 aliphatic heterocycles. The maximum absolute atomic E-state index is 13.8. The fourth-order valence-electron chi connectivity index (χ4n) is 1.71. The topological polar surface area (TPSA) is 35.2 Å². The van der Waals surface area contributed by atoms with E-state index in [0.717, 1.165) is 0 Å². The smallest absolute Gasteiger partial charge is 0.165 e. The summed E-state index contributed by atoms with van der Waals surface area (Å²) in [6.07, 6.45) is 0. The number of rotatable bonds is 4. The molecule has 0 saturated heterocycles. The normalized spacial score (nSPS) is 12.2. The van der Waals surface area contributed by atoms with Gasteiger partial charge in [0.2, 0.25) is 0 Å². The van der Waals surface area contributed by atoms with Crippen molar-refractivity contribution in [2.45, 2.75) is 19.6 Å². The summed E-state index contributed by atoms with van der Waals surface area (Å²) < 4.78 is 32.1. The van der Waals surface area contributed by atoms with Gasteiger partial charge < -0.3 is 10.5 Å². The molecule has 5 heteroatoms. The molecule has 2 rings (SSSR count). The zero-order valence-corrected chi connectivity index (χ0v) is 11.6. The van der Waals surface area contributed by atoms with E-state index in [4.69, 9.17) is 22.1 Å². The van der Waals surface area contributed by atoms with Crippen molar-refractivity contribution in [1.29, 1.82) is 0 Å². The second kappa shape index (κ2) is 6.20. The second-order valence-corrected chi connectivity index (χ2v) is 4.91. The van der Waals surface area contributed by atoms with Crippen LogP contribution in [0.5, 0.6) is 5.75 Å². The van der Waals surface area contributed by atoms with E-state index >= 15 is 0 Å². The van der Waals surface area contributed by atoms with E-state index in [9.17, 15) is 8.78 Å². The van der Waals surface area contributed by atoms with E-state index < -0.39 is 11.6 Å². The first-order chi connectivity index (χ1) is 9.47. The van der Waals surface area contributed by atoms with Crippen molar-refractivity contribution in [3.05, 3.63) is 64.2 Å². The molecule has 0 aliphatic carbocycles. The average Bonchev–Trinajstić information content (AvgIpc) is 2.38. The SMILES string of the molecule is CC(N)c1ccc(OCc2ccc(F)cc2Cl)c(F)c1. The van der Waals surface area contributed by atoms with E-state index in [1.165, 1.54) is 30.3 Å². The summed E-state index contributed by atoms with van der Waals surface area (Å²) in [4.78, 5) is 0. The van der Waals surface area contributed by atoms with Gasteiger partial charge in [0.1, 0.15) is 12.4 Å². The molecule has 0 radical (unpaired) electrons. The molecule has 20 heavy (non-hydrogen) atoms. The van der Waals surface area contributed by atoms with Crippen molar-refractivity contribution in [1.82, 2.24) is 0 Å². The van der Waals surface area contributed by atoms with Crippen LogP contribution in [0, 0.1) is 11.6 Å². The van der Waals surface area contributed by atoms with Crippen LogP contribution < -0.4 is 10.5 Å². The Balaban J connectivity index is 2.11. The molecule has 0 saturated carbocycles. The lowest BCUT2D eigenvalue weighted by atomic mass is 10.1. The lowest BCUT2D eigenvalue weighted by molar-refractivity contribution is 0.290. The van der Waals surface area contributed by atoms with E-state index in [1.54, 1.807) is 13.0 Å². The third-order valence-electron chi connectivity index (χ3n) is 2.88. The van der Waals surface area contributed by atoms with Gasteiger partial charge in [0.05, 0.1) is 5.02 Å². The Morgan fingerprint density at radius 2 is 1.95 bits per heavy atom. The fourth-order valence-corrected chi connectivity index (χ4v) is 1.93. The summed E-state index contributed by atoms with van der Waals surface area (Å²) in [6.45, 7) is 1.83. The van der Waals surface area contributed by atoms with Crippen LogP contribution in [-0.4, -0.2) is 0 Å². The Morgan fingerprint density at radius 1 is 1.20 bits per heavy atom. The quantitative estimate of drug-likeness (QED) is 0.917. The van der Waals surface area contributed by atoms with Crippen LogP contribution in [0.1, 0.15) is 24.1 Å². The van der Waals surface area contributed by atoms with Gasteiger partial charge in [-0.15, -0.1) is 0 Å². The number of halogens is 3. The molecule has 0 bridgehead atoms. The Kier molecular flexibility index (Phi) is 4.57. The maximum atomic E-state index is 13.8. The van der Waals surface area contributed by atoms with Crippen molar-refractivity contribution in [3.8, 4) is 5.75 Å². The van der Waals surface area contributed by atoms with Gasteiger partial charge in [-0.05, 0) is 36.8 Å². The minimum absolute atomic E-state index is 0.0631. The fraction of sp³-hybridized carbons (Fsp3) is 0.200. The second-order valence-electron chi connectivity index (χ2n) is 4.50. The number of ether oxygens (including phenoxy) is 1. The third-order valence-corrected chi connectivity index (χ3v) is 3.23. The Morgan fingerprint density at radius 3 is 2.55 bits per heavy atom. The van der Waals surface area contributed by atoms with Gasteiger partial charge in [0.25, 0.3) is 0 Å². The highest BCUT2D eigenvalue weighted by Gasteiger charge is 2.09. The molecule has 0 heterocycles. The average molecular weight is 298 g/mol. The van der Waals surface area contributed by atoms with Crippen LogP contribution >= 0.6 is 11.6 Å². The first-order valence-corrected chi connectivity index (χ1v) is 6.47. The highest BCUT2D eigenvalue weighted by atomic mass is 35.5. The standard InChI is InChI=1S/C15H14ClF2NO/c1-9(19)10-3-5-15(14(18)6-10)20-8-11-2-4-12(17)7-13(11)16/h2-7,9H,8,19H2,1H3. The lowest BCUT2D eigenvalue weighted by Crippen LogP contribution is -2.06. The van der Waals surface area contributed by atoms with Gasteiger partial charge in [-0.1, -0.05) is 23.7 Å². The monoisotopic (exact) mass is 297 g/mol. The van der Waals surface area contributed by atoms with Crippen LogP contribution in [0.15, 0.2) is 36.4 Å². The van der Waals surface area contributed by atoms with Gasteiger partial charge in [-0.3, -0.25) is 0 Å². The maximum Gasteiger partial charge on any atom is 0.165 e. The molecule has 0 fully saturated rings. The third kappa shape index (κ3) is 3.46. The summed E-state index contributed by atoms with van der Waals surface area (Å²) in [5.74, 6) is -0.806. The van der Waals surface area contributed by atoms with Gasteiger partial charge in [0.15, 0.2) is 11.6 Å². The van der Waals surface area contributed by atoms with Crippen LogP contribution in [0.3, 0.4) is 0 Å². The number of benzene rings is 2. The summed E-state index contributed by atoms with van der Waals surface area (Å²) >= 11 is 5.87. The van der Waals surface area contributed by atoms with Crippen molar-refractivity contribution >= 4 is 11.6 Å². The highest BCUT2D eigenvalue weighted by molar-refractivity contribution is 6.31. The first-order valence-electron chi connectivity index (χ1n) is 6.09. The molecule has 1 unspecified atom stereocenters. The van der Waals surface area contributed by atoms with Crippen molar-refractivity contribution in [2.75, 3.05) is 0 Å². The molecule has 2 N–H and O–H groups in total. The van der Waals surface area contributed by atoms with Crippen LogP contribution in [0.4, 0.5) is 8.78 Å². The van der Waals surface area contributed by atoms with E-state index in [2.05, 4.69) is 0 Å². The first kappa shape index (κ1) is 14.8. The van der Waals surface area contributed by atoms with Gasteiger partial charge in [-0.25, -0.2) is 8.78 Å². The molecule has 0 aliphatic rings. The summed E-state index contributed by atoms with van der Waals surface area (Å²) in [5.41, 5.74) is 6.95. The van der Waals surface area contributed by atoms with E-state index in [1.807, 2.05) is 0 Å². The molecule has 106 valence electrons. The van der Waals surface area contributed by atoms with Gasteiger partial charge >= 0.3 is 0 Å². The molecule has 2 aromatic carbocycles. The Bertz CT molecular complexity index is 617. The molecular weight excluding hydrogens is 284 g/mol. The van der Waals surface area contributed by atoms with E-state index in [0.29, 0.717) is 11.1 Å². The molecular formula is C15H14ClF2NO. The number of nitrogens with two attached hydrogens (primary N) is 1. The van der Waals surface area contributed by atoms with Crippen LogP contribution in [-0.2, 0) is 6.61 Å². The number of hydrogen-bond acceptors (Lipinski definition) is 2. The Labute approximate surface area is 121 Å². The zero-order valence-electron chi connectivity index (χ0n) is 10.9. The molecule has 0 amide bonds. The van der Waals surface area contributed by atoms with Gasteiger partial charge in [0, 0.05) is 11.6 Å². The van der Waals surface area contributed by atoms with Gasteiger partial charge in [-0.2, -0.15) is 0 Å². The predicted octanol–water partition coefficient (Wildman–Crippen LogP) is 4.22. The molecule has 0 aromatic heterocycles. The summed E-state index contributed by atoms with van der Waals surface area (Å²) in [5, 5.41) is 0.248. The molecule has 2 nitrogen and oxygen atoms in total. The van der Waals surface area contributed by atoms with Crippen LogP contribution in [0.2, 0.25) is 5.02 Å². The molecule has 2 aromatic rings. The minimum atomic E-state index is -0.488. The van der Waals surface area contributed by atoms with Crippen molar-refractivity contribution in [2.24, 2.45) is 5.73 Å². The predicted molar refractivity (Wildman–Crippen MR) is 74.7 cm³/mol. The van der Waals surface area contributed by atoms with Crippen molar-refractivity contribution < 1.29 is 13.5 Å². The van der Waals surface area contributed by atoms with Crippen LogP contribution in [0.25, 0.3) is 0 Å².